The Balaban J connectivity index is 1.36. The van der Waals surface area contributed by atoms with Gasteiger partial charge in [-0.15, -0.1) is 0 Å². The van der Waals surface area contributed by atoms with Crippen LogP contribution >= 0.6 is 0 Å². The number of para-hydroxylation sites is 1. The summed E-state index contributed by atoms with van der Waals surface area (Å²) in [5.74, 6) is 2.67. The summed E-state index contributed by atoms with van der Waals surface area (Å²) in [6.07, 6.45) is 4.01. The third kappa shape index (κ3) is 2.84. The van der Waals surface area contributed by atoms with Crippen LogP contribution in [-0.2, 0) is 0 Å². The first-order valence-electron chi connectivity index (χ1n) is 11.1. The summed E-state index contributed by atoms with van der Waals surface area (Å²) in [5.41, 5.74) is 5.52. The van der Waals surface area contributed by atoms with Gasteiger partial charge in [0, 0.05) is 16.9 Å². The molecule has 30 heavy (non-hydrogen) atoms. The van der Waals surface area contributed by atoms with E-state index in [4.69, 9.17) is 0 Å². The molecule has 0 spiro atoms. The van der Waals surface area contributed by atoms with Gasteiger partial charge in [-0.2, -0.15) is 0 Å². The van der Waals surface area contributed by atoms with Gasteiger partial charge in [0.25, 0.3) is 5.91 Å². The molecule has 1 amide bonds. The Morgan fingerprint density at radius 2 is 1.60 bits per heavy atom. The molecule has 3 aliphatic rings. The second-order valence-corrected chi connectivity index (χ2v) is 9.09. The van der Waals surface area contributed by atoms with E-state index in [0.717, 1.165) is 23.1 Å². The normalized spacial score (nSPS) is 28.3. The molecule has 3 heteroatoms. The zero-order valence-electron chi connectivity index (χ0n) is 16.9. The predicted octanol–water partition coefficient (Wildman–Crippen LogP) is 6.24. The Kier molecular flexibility index (Phi) is 4.15. The minimum absolute atomic E-state index is 0.0334. The summed E-state index contributed by atoms with van der Waals surface area (Å²) in [6, 6.07) is 27.2. The highest BCUT2D eigenvalue weighted by atomic mass is 16.1. The SMILES string of the molecule is O=C(Nc1ccccc1)c1ccc2c(c1)[C@H]1[C@H]3CC[C@H](C3)[C@H]1[C@@H](c1ccccc1)N2. The lowest BCUT2D eigenvalue weighted by atomic mass is 9.68. The largest absolute Gasteiger partial charge is 0.378 e. The molecule has 3 aromatic rings. The lowest BCUT2D eigenvalue weighted by Gasteiger charge is -2.43. The highest BCUT2D eigenvalue weighted by Crippen LogP contribution is 2.63. The molecule has 2 aliphatic carbocycles. The number of anilines is 2. The molecule has 3 nitrogen and oxygen atoms in total. The number of rotatable bonds is 3. The minimum Gasteiger partial charge on any atom is -0.378 e. The molecule has 2 saturated carbocycles. The minimum atomic E-state index is -0.0334. The lowest BCUT2D eigenvalue weighted by Crippen LogP contribution is -2.35. The summed E-state index contributed by atoms with van der Waals surface area (Å²) in [7, 11) is 0. The molecule has 2 fully saturated rings. The second kappa shape index (κ2) is 7.02. The lowest BCUT2D eigenvalue weighted by molar-refractivity contribution is 0.102. The van der Waals surface area contributed by atoms with Crippen molar-refractivity contribution in [2.45, 2.75) is 31.2 Å². The monoisotopic (exact) mass is 394 g/mol. The van der Waals surface area contributed by atoms with E-state index in [0.29, 0.717) is 17.9 Å². The Labute approximate surface area is 177 Å². The van der Waals surface area contributed by atoms with Crippen molar-refractivity contribution in [3.8, 4) is 0 Å². The van der Waals surface area contributed by atoms with Crippen molar-refractivity contribution in [1.29, 1.82) is 0 Å². The Hall–Kier alpha value is -3.07. The first-order chi connectivity index (χ1) is 14.8. The van der Waals surface area contributed by atoms with E-state index < -0.39 is 0 Å². The maximum absolute atomic E-state index is 12.9. The fraction of sp³-hybridized carbons (Fsp3) is 0.296. The summed E-state index contributed by atoms with van der Waals surface area (Å²) in [6.45, 7) is 0. The van der Waals surface area contributed by atoms with E-state index in [-0.39, 0.29) is 5.91 Å². The van der Waals surface area contributed by atoms with Crippen LogP contribution < -0.4 is 10.6 Å². The molecule has 0 radical (unpaired) electrons. The van der Waals surface area contributed by atoms with Crippen LogP contribution in [0.2, 0.25) is 0 Å². The van der Waals surface area contributed by atoms with Crippen LogP contribution in [-0.4, -0.2) is 5.91 Å². The number of hydrogen-bond donors (Lipinski definition) is 2. The van der Waals surface area contributed by atoms with Crippen molar-refractivity contribution in [2.24, 2.45) is 17.8 Å². The molecule has 1 heterocycles. The van der Waals surface area contributed by atoms with Crippen molar-refractivity contribution in [3.05, 3.63) is 95.6 Å². The van der Waals surface area contributed by atoms with E-state index in [1.165, 1.54) is 36.1 Å². The number of nitrogens with one attached hydrogen (secondary N) is 2. The molecule has 2 bridgehead atoms. The third-order valence-electron chi connectivity index (χ3n) is 7.54. The number of carbonyl (C=O) groups is 1. The second-order valence-electron chi connectivity index (χ2n) is 9.09. The molecular weight excluding hydrogens is 368 g/mol. The first-order valence-corrected chi connectivity index (χ1v) is 11.1. The van der Waals surface area contributed by atoms with Crippen molar-refractivity contribution >= 4 is 17.3 Å². The molecule has 2 N–H and O–H groups in total. The van der Waals surface area contributed by atoms with Crippen molar-refractivity contribution in [2.75, 3.05) is 10.6 Å². The number of fused-ring (bicyclic) bond motifs is 7. The number of carbonyl (C=O) groups excluding carboxylic acids is 1. The first kappa shape index (κ1) is 17.8. The average Bonchev–Trinajstić information content (AvgIpc) is 3.42. The van der Waals surface area contributed by atoms with Gasteiger partial charge < -0.3 is 10.6 Å². The van der Waals surface area contributed by atoms with Gasteiger partial charge in [-0.3, -0.25) is 4.79 Å². The molecule has 0 aromatic heterocycles. The molecule has 0 saturated heterocycles. The number of hydrogen-bond acceptors (Lipinski definition) is 2. The Morgan fingerprint density at radius 3 is 2.40 bits per heavy atom. The van der Waals surface area contributed by atoms with Gasteiger partial charge in [0.05, 0.1) is 6.04 Å². The van der Waals surface area contributed by atoms with Crippen molar-refractivity contribution < 1.29 is 4.79 Å². The summed E-state index contributed by atoms with van der Waals surface area (Å²) in [4.78, 5) is 12.9. The van der Waals surface area contributed by atoms with Gasteiger partial charge in [-0.25, -0.2) is 0 Å². The van der Waals surface area contributed by atoms with Gasteiger partial charge in [0.1, 0.15) is 0 Å². The van der Waals surface area contributed by atoms with Crippen LogP contribution in [0, 0.1) is 17.8 Å². The fourth-order valence-electron chi connectivity index (χ4n) is 6.34. The number of benzene rings is 3. The van der Waals surface area contributed by atoms with Gasteiger partial charge >= 0.3 is 0 Å². The standard InChI is InChI=1S/C27H26N2O/c30-27(28-21-9-5-2-6-10-21)20-13-14-23-22(16-20)24-18-11-12-19(15-18)25(24)26(29-23)17-7-3-1-4-8-17/h1-10,13-14,16,18-19,24-26,29H,11-12,15H2,(H,28,30)/t18-,19+,24+,25+,26+/m0/s1. The van der Waals surface area contributed by atoms with Crippen molar-refractivity contribution in [3.63, 3.8) is 0 Å². The van der Waals surface area contributed by atoms with Gasteiger partial charge in [-0.1, -0.05) is 48.5 Å². The highest BCUT2D eigenvalue weighted by molar-refractivity contribution is 6.04. The van der Waals surface area contributed by atoms with Gasteiger partial charge in [0.15, 0.2) is 0 Å². The van der Waals surface area contributed by atoms with Gasteiger partial charge in [-0.05, 0) is 84.4 Å². The summed E-state index contributed by atoms with van der Waals surface area (Å²) >= 11 is 0. The summed E-state index contributed by atoms with van der Waals surface area (Å²) in [5, 5.41) is 6.89. The molecular formula is C27H26N2O. The Bertz CT molecular complexity index is 1080. The van der Waals surface area contributed by atoms with Crippen LogP contribution in [0.5, 0.6) is 0 Å². The zero-order valence-corrected chi connectivity index (χ0v) is 16.9. The Morgan fingerprint density at radius 1 is 0.867 bits per heavy atom. The smallest absolute Gasteiger partial charge is 0.255 e. The van der Waals surface area contributed by atoms with E-state index in [9.17, 15) is 4.79 Å². The molecule has 0 unspecified atom stereocenters. The topological polar surface area (TPSA) is 41.1 Å². The van der Waals surface area contributed by atoms with Gasteiger partial charge in [0.2, 0.25) is 0 Å². The molecule has 6 rings (SSSR count). The molecule has 150 valence electrons. The van der Waals surface area contributed by atoms with Crippen molar-refractivity contribution in [1.82, 2.24) is 0 Å². The van der Waals surface area contributed by atoms with E-state index in [1.54, 1.807) is 0 Å². The predicted molar refractivity (Wildman–Crippen MR) is 121 cm³/mol. The van der Waals surface area contributed by atoms with E-state index in [1.807, 2.05) is 36.4 Å². The maximum Gasteiger partial charge on any atom is 0.255 e. The maximum atomic E-state index is 12.9. The summed E-state index contributed by atoms with van der Waals surface area (Å²) < 4.78 is 0. The van der Waals surface area contributed by atoms with Crippen LogP contribution in [0.25, 0.3) is 0 Å². The van der Waals surface area contributed by atoms with Crippen LogP contribution in [0.15, 0.2) is 78.9 Å². The molecule has 3 aromatic carbocycles. The third-order valence-corrected chi connectivity index (χ3v) is 7.54. The number of amides is 1. The quantitative estimate of drug-likeness (QED) is 0.552. The van der Waals surface area contributed by atoms with Crippen LogP contribution in [0.1, 0.15) is 52.7 Å². The average molecular weight is 395 g/mol. The van der Waals surface area contributed by atoms with E-state index >= 15 is 0 Å². The fourth-order valence-corrected chi connectivity index (χ4v) is 6.34. The van der Waals surface area contributed by atoms with E-state index in [2.05, 4.69) is 53.1 Å². The van der Waals surface area contributed by atoms with Crippen LogP contribution in [0.3, 0.4) is 0 Å². The molecule has 5 atom stereocenters. The van der Waals surface area contributed by atoms with Crippen LogP contribution in [0.4, 0.5) is 11.4 Å². The zero-order chi connectivity index (χ0) is 20.1. The molecule has 1 aliphatic heterocycles. The highest BCUT2D eigenvalue weighted by Gasteiger charge is 2.53.